The van der Waals surface area contributed by atoms with Crippen molar-refractivity contribution in [2.45, 2.75) is 97.0 Å². The maximum absolute atomic E-state index is 12.4. The third kappa shape index (κ3) is 8.04. The van der Waals surface area contributed by atoms with Crippen LogP contribution in [0.3, 0.4) is 0 Å². The molecule has 0 saturated heterocycles. The van der Waals surface area contributed by atoms with E-state index in [2.05, 4.69) is 13.8 Å². The smallest absolute Gasteiger partial charge is 0.338 e. The van der Waals surface area contributed by atoms with Crippen LogP contribution >= 0.6 is 0 Å². The molecule has 1 fully saturated rings. The highest BCUT2D eigenvalue weighted by atomic mass is 16.5. The lowest BCUT2D eigenvalue weighted by atomic mass is 9.84. The van der Waals surface area contributed by atoms with Gasteiger partial charge in [-0.25, -0.2) is 4.79 Å². The number of unbranched alkanes of at least 4 members (excludes halogenated alkanes) is 4. The molecular formula is C24H36O4. The number of carbonyl (C=O) groups is 2. The topological polar surface area (TPSA) is 52.6 Å². The molecule has 28 heavy (non-hydrogen) atoms. The van der Waals surface area contributed by atoms with Crippen molar-refractivity contribution >= 4 is 11.9 Å². The molecule has 0 N–H and O–H groups in total. The van der Waals surface area contributed by atoms with Crippen LogP contribution < -0.4 is 4.74 Å². The number of carbonyl (C=O) groups excluding carboxylic acids is 2. The zero-order valence-electron chi connectivity index (χ0n) is 17.6. The van der Waals surface area contributed by atoms with Gasteiger partial charge in [0.1, 0.15) is 11.9 Å². The molecule has 0 radical (unpaired) electrons. The Morgan fingerprint density at radius 3 is 2.18 bits per heavy atom. The van der Waals surface area contributed by atoms with Gasteiger partial charge in [-0.2, -0.15) is 0 Å². The van der Waals surface area contributed by atoms with E-state index in [-0.39, 0.29) is 18.0 Å². The maximum Gasteiger partial charge on any atom is 0.338 e. The van der Waals surface area contributed by atoms with Crippen molar-refractivity contribution in [2.75, 3.05) is 0 Å². The first-order valence-corrected chi connectivity index (χ1v) is 11.1. The zero-order valence-corrected chi connectivity index (χ0v) is 17.6. The Morgan fingerprint density at radius 1 is 0.893 bits per heavy atom. The van der Waals surface area contributed by atoms with E-state index in [0.717, 1.165) is 50.9 Å². The van der Waals surface area contributed by atoms with Gasteiger partial charge in [-0.05, 0) is 62.3 Å². The molecule has 0 amide bonds. The third-order valence-corrected chi connectivity index (χ3v) is 5.59. The van der Waals surface area contributed by atoms with E-state index in [0.29, 0.717) is 17.7 Å². The van der Waals surface area contributed by atoms with E-state index < -0.39 is 0 Å². The Labute approximate surface area is 170 Å². The number of benzene rings is 1. The molecule has 0 aliphatic heterocycles. The van der Waals surface area contributed by atoms with Crippen molar-refractivity contribution in [3.63, 3.8) is 0 Å². The van der Waals surface area contributed by atoms with Crippen LogP contribution in [0.15, 0.2) is 24.3 Å². The third-order valence-electron chi connectivity index (χ3n) is 5.59. The van der Waals surface area contributed by atoms with E-state index >= 15 is 0 Å². The van der Waals surface area contributed by atoms with Gasteiger partial charge in [-0.15, -0.1) is 0 Å². The fourth-order valence-electron chi connectivity index (χ4n) is 3.80. The van der Waals surface area contributed by atoms with Gasteiger partial charge in [0, 0.05) is 6.42 Å². The quantitative estimate of drug-likeness (QED) is 0.248. The van der Waals surface area contributed by atoms with Gasteiger partial charge in [0.15, 0.2) is 0 Å². The van der Waals surface area contributed by atoms with Crippen molar-refractivity contribution in [1.82, 2.24) is 0 Å². The van der Waals surface area contributed by atoms with Crippen LogP contribution in [0.5, 0.6) is 5.75 Å². The molecule has 1 aliphatic rings. The van der Waals surface area contributed by atoms with Gasteiger partial charge in [0.25, 0.3) is 0 Å². The van der Waals surface area contributed by atoms with Crippen molar-refractivity contribution < 1.29 is 19.1 Å². The number of hydrogen-bond donors (Lipinski definition) is 0. The lowest BCUT2D eigenvalue weighted by molar-refractivity contribution is -0.134. The van der Waals surface area contributed by atoms with Gasteiger partial charge >= 0.3 is 11.9 Å². The van der Waals surface area contributed by atoms with Crippen molar-refractivity contribution in [3.05, 3.63) is 29.8 Å². The van der Waals surface area contributed by atoms with E-state index in [4.69, 9.17) is 9.47 Å². The maximum atomic E-state index is 12.4. The van der Waals surface area contributed by atoms with Crippen molar-refractivity contribution in [1.29, 1.82) is 0 Å². The second-order valence-corrected chi connectivity index (χ2v) is 8.00. The monoisotopic (exact) mass is 388 g/mol. The fourth-order valence-corrected chi connectivity index (χ4v) is 3.80. The van der Waals surface area contributed by atoms with Crippen LogP contribution in [0.4, 0.5) is 0 Å². The lowest BCUT2D eigenvalue weighted by Crippen LogP contribution is -2.24. The molecule has 1 aliphatic carbocycles. The molecule has 1 aromatic rings. The minimum Gasteiger partial charge on any atom is -0.459 e. The summed E-state index contributed by atoms with van der Waals surface area (Å²) in [5.74, 6) is 0.771. The average molecular weight is 389 g/mol. The van der Waals surface area contributed by atoms with Gasteiger partial charge in [-0.3, -0.25) is 4.79 Å². The molecule has 0 spiro atoms. The highest BCUT2D eigenvalue weighted by molar-refractivity contribution is 5.89. The molecule has 1 aromatic carbocycles. The first-order chi connectivity index (χ1) is 13.6. The van der Waals surface area contributed by atoms with Crippen LogP contribution in [0.1, 0.15) is 101 Å². The van der Waals surface area contributed by atoms with Crippen LogP contribution in [0, 0.1) is 5.92 Å². The summed E-state index contributed by atoms with van der Waals surface area (Å²) in [6, 6.07) is 6.68. The summed E-state index contributed by atoms with van der Waals surface area (Å²) in [6.45, 7) is 4.34. The molecule has 1 saturated carbocycles. The highest BCUT2D eigenvalue weighted by Crippen LogP contribution is 2.30. The highest BCUT2D eigenvalue weighted by Gasteiger charge is 2.24. The molecule has 0 heterocycles. The summed E-state index contributed by atoms with van der Waals surface area (Å²) >= 11 is 0. The molecule has 0 aromatic heterocycles. The number of ether oxygens (including phenoxy) is 2. The molecule has 0 atom stereocenters. The molecule has 156 valence electrons. The van der Waals surface area contributed by atoms with Crippen LogP contribution in [-0.4, -0.2) is 18.0 Å². The molecule has 4 heteroatoms. The summed E-state index contributed by atoms with van der Waals surface area (Å²) < 4.78 is 11.0. The minimum absolute atomic E-state index is 0.0333. The zero-order chi connectivity index (χ0) is 20.2. The molecule has 2 rings (SSSR count). The normalized spacial score (nSPS) is 19.2. The first kappa shape index (κ1) is 22.4. The summed E-state index contributed by atoms with van der Waals surface area (Å²) in [5, 5.41) is 0. The molecule has 0 unspecified atom stereocenters. The number of rotatable bonds is 11. The van der Waals surface area contributed by atoms with Gasteiger partial charge < -0.3 is 9.47 Å². The van der Waals surface area contributed by atoms with Crippen molar-refractivity contribution in [3.8, 4) is 5.75 Å². The lowest BCUT2D eigenvalue weighted by Gasteiger charge is -2.28. The van der Waals surface area contributed by atoms with E-state index in [1.165, 1.54) is 25.7 Å². The second-order valence-electron chi connectivity index (χ2n) is 8.00. The molecule has 0 bridgehead atoms. The van der Waals surface area contributed by atoms with E-state index in [1.807, 2.05) is 0 Å². The molecule has 4 nitrogen and oxygen atoms in total. The Hall–Kier alpha value is -1.84. The largest absolute Gasteiger partial charge is 0.459 e. The summed E-state index contributed by atoms with van der Waals surface area (Å²) in [4.78, 5) is 24.1. The van der Waals surface area contributed by atoms with E-state index in [1.54, 1.807) is 24.3 Å². The van der Waals surface area contributed by atoms with Crippen molar-refractivity contribution in [2.24, 2.45) is 5.92 Å². The average Bonchev–Trinajstić information content (AvgIpc) is 2.70. The second kappa shape index (κ2) is 12.6. The minimum atomic E-state index is -0.282. The fraction of sp³-hybridized carbons (Fsp3) is 0.667. The summed E-state index contributed by atoms with van der Waals surface area (Å²) in [6.07, 6.45) is 12.9. The Bertz CT molecular complexity index is 585. The molecular weight excluding hydrogens is 352 g/mol. The summed E-state index contributed by atoms with van der Waals surface area (Å²) in [5.41, 5.74) is 0.510. The predicted octanol–water partition coefficient (Wildman–Crippen LogP) is 6.47. The Morgan fingerprint density at radius 2 is 1.54 bits per heavy atom. The predicted molar refractivity (Wildman–Crippen MR) is 112 cm³/mol. The SMILES string of the molecule is CCCCCC(=O)Oc1ccc(C(=O)O[C@H]2CC[C@H](CCCCC)CC2)cc1. The summed E-state index contributed by atoms with van der Waals surface area (Å²) in [7, 11) is 0. The van der Waals surface area contributed by atoms with E-state index in [9.17, 15) is 9.59 Å². The van der Waals surface area contributed by atoms with Gasteiger partial charge in [0.05, 0.1) is 5.56 Å². The number of hydrogen-bond acceptors (Lipinski definition) is 4. The Balaban J connectivity index is 1.72. The van der Waals surface area contributed by atoms with Crippen LogP contribution in [-0.2, 0) is 9.53 Å². The Kier molecular flexibility index (Phi) is 10.1. The van der Waals surface area contributed by atoms with Crippen LogP contribution in [0.25, 0.3) is 0 Å². The standard InChI is InChI=1S/C24H36O4/c1-3-5-7-9-19-11-15-22(16-12-19)28-24(26)20-13-17-21(18-14-20)27-23(25)10-8-6-4-2/h13-14,17-19,22H,3-12,15-16H2,1-2H3/t19-,22-. The van der Waals surface area contributed by atoms with Gasteiger partial charge in [-0.1, -0.05) is 52.4 Å². The van der Waals surface area contributed by atoms with Gasteiger partial charge in [0.2, 0.25) is 0 Å². The van der Waals surface area contributed by atoms with Crippen LogP contribution in [0.2, 0.25) is 0 Å². The first-order valence-electron chi connectivity index (χ1n) is 11.1. The number of esters is 2.